The van der Waals surface area contributed by atoms with Crippen molar-refractivity contribution in [1.82, 2.24) is 5.12 Å². The van der Waals surface area contributed by atoms with Crippen LogP contribution >= 0.6 is 23.2 Å². The van der Waals surface area contributed by atoms with Crippen molar-refractivity contribution in [3.05, 3.63) is 21.8 Å². The first kappa shape index (κ1) is 9.67. The Morgan fingerprint density at radius 3 is 2.17 bits per heavy atom. The molecule has 1 heterocycles. The van der Waals surface area contributed by atoms with Crippen LogP contribution in [0.2, 0.25) is 0 Å². The Morgan fingerprint density at radius 2 is 1.67 bits per heavy atom. The number of halogens is 6. The molecule has 1 unspecified atom stereocenters. The van der Waals surface area contributed by atoms with Gasteiger partial charge in [-0.05, 0) is 0 Å². The maximum Gasteiger partial charge on any atom is 0.240 e. The quantitative estimate of drug-likeness (QED) is 0.345. The number of nitrogens with zero attached hydrogens (tertiary/aromatic N) is 1. The normalized spacial score (nSPS) is 25.5. The van der Waals surface area contributed by atoms with E-state index in [9.17, 15) is 17.7 Å². The minimum absolute atomic E-state index is 0.803. The molecule has 1 aliphatic rings. The van der Waals surface area contributed by atoms with Gasteiger partial charge in [-0.1, -0.05) is 27.7 Å². The summed E-state index contributed by atoms with van der Waals surface area (Å²) in [5, 5.41) is -3.29. The first-order valence-electron chi connectivity index (χ1n) is 2.66. The minimum Gasteiger partial charge on any atom is -0.214 e. The number of hydrogen-bond donors (Lipinski definition) is 0. The van der Waals surface area contributed by atoms with E-state index in [0.29, 0.717) is 0 Å². The lowest BCUT2D eigenvalue weighted by Crippen LogP contribution is -2.26. The molecule has 0 aromatic rings. The van der Waals surface area contributed by atoms with E-state index in [4.69, 9.17) is 23.2 Å². The van der Waals surface area contributed by atoms with Gasteiger partial charge in [0.25, 0.3) is 0 Å². The molecule has 0 spiro atoms. The fourth-order valence-corrected chi connectivity index (χ4v) is 0.930. The molecule has 0 aliphatic carbocycles. The van der Waals surface area contributed by atoms with Gasteiger partial charge in [0, 0.05) is 0 Å². The third-order valence-corrected chi connectivity index (χ3v) is 1.85. The molecule has 12 heavy (non-hydrogen) atoms. The van der Waals surface area contributed by atoms with Gasteiger partial charge in [0.05, 0.1) is 0 Å². The standard InChI is InChI=1S/C5HCl2F4N/c6-1-2(8)3(9)4(7)12(11)5(1)10/h5H. The van der Waals surface area contributed by atoms with E-state index in [1.807, 2.05) is 0 Å². The van der Waals surface area contributed by atoms with Gasteiger partial charge in [-0.25, -0.2) is 13.2 Å². The third-order valence-electron chi connectivity index (χ3n) is 1.18. The summed E-state index contributed by atoms with van der Waals surface area (Å²) in [5.41, 5.74) is 0. The molecule has 0 aromatic heterocycles. The fraction of sp³-hybridized carbons (Fsp3) is 0.200. The summed E-state index contributed by atoms with van der Waals surface area (Å²) in [6.07, 6.45) is -2.58. The predicted molar refractivity (Wildman–Crippen MR) is 35.8 cm³/mol. The molecule has 0 radical (unpaired) electrons. The number of rotatable bonds is 0. The van der Waals surface area contributed by atoms with E-state index in [2.05, 4.69) is 0 Å². The van der Waals surface area contributed by atoms with Crippen molar-refractivity contribution in [3.8, 4) is 0 Å². The first-order valence-corrected chi connectivity index (χ1v) is 3.42. The second-order valence-corrected chi connectivity index (χ2v) is 2.68. The van der Waals surface area contributed by atoms with Crippen molar-refractivity contribution < 1.29 is 17.7 Å². The Morgan fingerprint density at radius 1 is 1.17 bits per heavy atom. The van der Waals surface area contributed by atoms with Gasteiger partial charge >= 0.3 is 0 Å². The van der Waals surface area contributed by atoms with Gasteiger partial charge in [-0.15, -0.1) is 0 Å². The highest BCUT2D eigenvalue weighted by molar-refractivity contribution is 6.32. The van der Waals surface area contributed by atoms with Gasteiger partial charge in [0.15, 0.2) is 16.8 Å². The lowest BCUT2D eigenvalue weighted by molar-refractivity contribution is -0.0205. The maximum absolute atomic E-state index is 12.5. The second kappa shape index (κ2) is 3.14. The summed E-state index contributed by atoms with van der Waals surface area (Å²) in [7, 11) is 0. The van der Waals surface area contributed by atoms with Crippen molar-refractivity contribution in [2.75, 3.05) is 0 Å². The summed E-state index contributed by atoms with van der Waals surface area (Å²) >= 11 is 9.74. The number of allylic oxidation sites excluding steroid dienone is 2. The van der Waals surface area contributed by atoms with E-state index in [1.54, 1.807) is 0 Å². The van der Waals surface area contributed by atoms with Crippen LogP contribution in [-0.2, 0) is 0 Å². The monoisotopic (exact) mass is 221 g/mol. The number of hydrogen-bond acceptors (Lipinski definition) is 1. The fourth-order valence-electron chi connectivity index (χ4n) is 0.593. The first-order chi connectivity index (χ1) is 5.46. The SMILES string of the molecule is FC1=C(Cl)C(F)N(F)C(Cl)=C1F. The molecule has 0 aromatic carbocycles. The average molecular weight is 222 g/mol. The molecule has 68 valence electrons. The zero-order valence-corrected chi connectivity index (χ0v) is 6.80. The third kappa shape index (κ3) is 1.27. The minimum atomic E-state index is -2.58. The molecule has 1 nitrogen and oxygen atoms in total. The Kier molecular flexibility index (Phi) is 2.53. The smallest absolute Gasteiger partial charge is 0.214 e. The molecule has 1 aliphatic heterocycles. The summed E-state index contributed by atoms with van der Waals surface area (Å²) in [6.45, 7) is 0. The van der Waals surface area contributed by atoms with Crippen molar-refractivity contribution in [1.29, 1.82) is 0 Å². The van der Waals surface area contributed by atoms with Crippen molar-refractivity contribution in [2.24, 2.45) is 0 Å². The topological polar surface area (TPSA) is 3.24 Å². The summed E-state index contributed by atoms with van der Waals surface area (Å²) in [6, 6.07) is 0. The van der Waals surface area contributed by atoms with Gasteiger partial charge in [0.1, 0.15) is 5.03 Å². The van der Waals surface area contributed by atoms with E-state index in [1.165, 1.54) is 0 Å². The molecule has 1 atom stereocenters. The van der Waals surface area contributed by atoms with Crippen LogP contribution in [0, 0.1) is 0 Å². The Hall–Kier alpha value is -0.420. The second-order valence-electron chi connectivity index (χ2n) is 1.91. The highest BCUT2D eigenvalue weighted by atomic mass is 35.5. The molecule has 7 heteroatoms. The number of alkyl halides is 1. The summed E-state index contributed by atoms with van der Waals surface area (Å²) < 4.78 is 49.7. The van der Waals surface area contributed by atoms with Crippen LogP contribution in [0.1, 0.15) is 0 Å². The summed E-state index contributed by atoms with van der Waals surface area (Å²) in [4.78, 5) is 0. The van der Waals surface area contributed by atoms with Crippen LogP contribution in [0.25, 0.3) is 0 Å². The maximum atomic E-state index is 12.5. The molecule has 0 bridgehead atoms. The molecule has 0 fully saturated rings. The van der Waals surface area contributed by atoms with Gasteiger partial charge in [0.2, 0.25) is 6.30 Å². The van der Waals surface area contributed by atoms with Crippen molar-refractivity contribution >= 4 is 23.2 Å². The zero-order valence-electron chi connectivity index (χ0n) is 5.29. The molecule has 1 rings (SSSR count). The molecule has 0 amide bonds. The van der Waals surface area contributed by atoms with E-state index >= 15 is 0 Å². The Balaban J connectivity index is 3.18. The van der Waals surface area contributed by atoms with Crippen LogP contribution in [-0.4, -0.2) is 11.4 Å². The lowest BCUT2D eigenvalue weighted by atomic mass is 10.3. The molecular weight excluding hydrogens is 221 g/mol. The van der Waals surface area contributed by atoms with Crippen LogP contribution in [0.15, 0.2) is 21.8 Å². The predicted octanol–water partition coefficient (Wildman–Crippen LogP) is 3.28. The zero-order chi connectivity index (χ0) is 9.46. The Bertz CT molecular complexity index is 247. The van der Waals surface area contributed by atoms with Gasteiger partial charge in [-0.2, -0.15) is 5.12 Å². The van der Waals surface area contributed by atoms with E-state index < -0.39 is 33.3 Å². The highest BCUT2D eigenvalue weighted by Crippen LogP contribution is 2.37. The van der Waals surface area contributed by atoms with Crippen LogP contribution in [0.5, 0.6) is 0 Å². The Labute approximate surface area is 74.8 Å². The lowest BCUT2D eigenvalue weighted by Gasteiger charge is -2.21. The van der Waals surface area contributed by atoms with Gasteiger partial charge in [-0.3, -0.25) is 0 Å². The van der Waals surface area contributed by atoms with Crippen LogP contribution < -0.4 is 0 Å². The summed E-state index contributed by atoms with van der Waals surface area (Å²) in [5.74, 6) is -3.39. The molecule has 0 saturated carbocycles. The highest BCUT2D eigenvalue weighted by Gasteiger charge is 2.35. The van der Waals surface area contributed by atoms with E-state index in [0.717, 1.165) is 0 Å². The average Bonchev–Trinajstić information content (AvgIpc) is 2.08. The van der Waals surface area contributed by atoms with Crippen LogP contribution in [0.3, 0.4) is 0 Å². The molecular formula is C5HCl2F4N. The largest absolute Gasteiger partial charge is 0.240 e. The van der Waals surface area contributed by atoms with Crippen molar-refractivity contribution in [2.45, 2.75) is 6.30 Å². The van der Waals surface area contributed by atoms with Gasteiger partial charge < -0.3 is 0 Å². The molecule has 0 N–H and O–H groups in total. The molecule has 0 saturated heterocycles. The van der Waals surface area contributed by atoms with Crippen LogP contribution in [0.4, 0.5) is 17.7 Å². The van der Waals surface area contributed by atoms with E-state index in [-0.39, 0.29) is 0 Å². The van der Waals surface area contributed by atoms with Crippen molar-refractivity contribution in [3.63, 3.8) is 0 Å².